The summed E-state index contributed by atoms with van der Waals surface area (Å²) in [6.45, 7) is 2.86. The summed E-state index contributed by atoms with van der Waals surface area (Å²) in [5, 5.41) is 9.06. The highest BCUT2D eigenvalue weighted by atomic mass is 16.2. The zero-order valence-corrected chi connectivity index (χ0v) is 13.1. The topological polar surface area (TPSA) is 53.2 Å². The summed E-state index contributed by atoms with van der Waals surface area (Å²) in [5.74, 6) is 0.810. The number of hydrogen-bond donors (Lipinski definition) is 3. The Labute approximate surface area is 127 Å². The molecule has 116 valence electrons. The highest BCUT2D eigenvalue weighted by molar-refractivity contribution is 5.89. The Morgan fingerprint density at radius 3 is 2.81 bits per heavy atom. The Bertz CT molecular complexity index is 455. The van der Waals surface area contributed by atoms with Gasteiger partial charge in [0.15, 0.2) is 0 Å². The van der Waals surface area contributed by atoms with E-state index in [2.05, 4.69) is 28.9 Å². The van der Waals surface area contributed by atoms with Crippen LogP contribution in [0.3, 0.4) is 0 Å². The van der Waals surface area contributed by atoms with Crippen molar-refractivity contribution < 1.29 is 4.79 Å². The molecule has 2 amide bonds. The van der Waals surface area contributed by atoms with Gasteiger partial charge >= 0.3 is 6.03 Å². The summed E-state index contributed by atoms with van der Waals surface area (Å²) in [5.41, 5.74) is 2.01. The van der Waals surface area contributed by atoms with Gasteiger partial charge in [-0.05, 0) is 44.0 Å². The number of urea groups is 1. The average molecular weight is 289 g/mol. The van der Waals surface area contributed by atoms with Gasteiger partial charge in [0.2, 0.25) is 0 Å². The van der Waals surface area contributed by atoms with Crippen LogP contribution in [0.2, 0.25) is 0 Å². The number of carbonyl (C=O) groups is 1. The molecule has 0 heterocycles. The second kappa shape index (κ2) is 8.03. The van der Waals surface area contributed by atoms with Crippen molar-refractivity contribution in [3.05, 3.63) is 29.8 Å². The number of carbonyl (C=O) groups excluding carboxylic acids is 1. The van der Waals surface area contributed by atoms with Gasteiger partial charge in [-0.15, -0.1) is 0 Å². The van der Waals surface area contributed by atoms with Crippen LogP contribution in [0.15, 0.2) is 24.3 Å². The number of hydrogen-bond acceptors (Lipinski definition) is 2. The highest BCUT2D eigenvalue weighted by Crippen LogP contribution is 2.26. The van der Waals surface area contributed by atoms with Crippen LogP contribution < -0.4 is 16.0 Å². The summed E-state index contributed by atoms with van der Waals surface area (Å²) in [6, 6.07) is 8.13. The Hall–Kier alpha value is -1.55. The minimum absolute atomic E-state index is 0.109. The minimum Gasteiger partial charge on any atom is -0.338 e. The van der Waals surface area contributed by atoms with E-state index in [9.17, 15) is 4.79 Å². The zero-order chi connectivity index (χ0) is 15.1. The molecule has 1 aromatic rings. The van der Waals surface area contributed by atoms with Crippen LogP contribution in [0.1, 0.15) is 50.6 Å². The van der Waals surface area contributed by atoms with Crippen LogP contribution in [0.4, 0.5) is 10.5 Å². The lowest BCUT2D eigenvalue weighted by molar-refractivity contribution is 0.251. The predicted molar refractivity (Wildman–Crippen MR) is 87.5 cm³/mol. The lowest BCUT2D eigenvalue weighted by Gasteiger charge is -2.13. The number of nitrogens with one attached hydrogen (secondary N) is 3. The molecule has 4 nitrogen and oxygen atoms in total. The molecule has 1 fully saturated rings. The summed E-state index contributed by atoms with van der Waals surface area (Å²) in [7, 11) is 1.93. The molecule has 0 bridgehead atoms. The first-order chi connectivity index (χ1) is 10.2. The van der Waals surface area contributed by atoms with Gasteiger partial charge in [0.25, 0.3) is 0 Å². The van der Waals surface area contributed by atoms with E-state index in [1.54, 1.807) is 0 Å². The van der Waals surface area contributed by atoms with E-state index in [1.165, 1.54) is 31.2 Å². The summed E-state index contributed by atoms with van der Waals surface area (Å²) < 4.78 is 0. The first-order valence-corrected chi connectivity index (χ1v) is 8.01. The Balaban J connectivity index is 1.76. The van der Waals surface area contributed by atoms with Crippen molar-refractivity contribution in [2.24, 2.45) is 5.92 Å². The van der Waals surface area contributed by atoms with Gasteiger partial charge < -0.3 is 16.0 Å². The van der Waals surface area contributed by atoms with Crippen molar-refractivity contribution in [3.63, 3.8) is 0 Å². The van der Waals surface area contributed by atoms with E-state index in [0.29, 0.717) is 0 Å². The normalized spacial score (nSPS) is 16.7. The molecule has 0 spiro atoms. The van der Waals surface area contributed by atoms with E-state index in [4.69, 9.17) is 0 Å². The lowest BCUT2D eigenvalue weighted by Crippen LogP contribution is -2.30. The second-order valence-electron chi connectivity index (χ2n) is 5.96. The molecule has 21 heavy (non-hydrogen) atoms. The molecule has 3 N–H and O–H groups in total. The number of rotatable bonds is 6. The fourth-order valence-corrected chi connectivity index (χ4v) is 2.92. The average Bonchev–Trinajstić information content (AvgIpc) is 3.00. The molecule has 2 rings (SSSR count). The quantitative estimate of drug-likeness (QED) is 0.748. The van der Waals surface area contributed by atoms with E-state index >= 15 is 0 Å². The van der Waals surface area contributed by atoms with Crippen LogP contribution >= 0.6 is 0 Å². The van der Waals surface area contributed by atoms with Crippen molar-refractivity contribution in [3.8, 4) is 0 Å². The van der Waals surface area contributed by atoms with Gasteiger partial charge in [-0.1, -0.05) is 37.8 Å². The SMILES string of the molecule is CNC(C)c1cccc(NC(=O)NCCC2CCCC2)c1. The molecule has 1 aliphatic rings. The molecule has 0 radical (unpaired) electrons. The van der Waals surface area contributed by atoms with Gasteiger partial charge in [0, 0.05) is 18.3 Å². The first-order valence-electron chi connectivity index (χ1n) is 8.01. The molecule has 0 saturated heterocycles. The van der Waals surface area contributed by atoms with E-state index in [0.717, 1.165) is 24.6 Å². The fourth-order valence-electron chi connectivity index (χ4n) is 2.92. The van der Waals surface area contributed by atoms with Gasteiger partial charge in [-0.2, -0.15) is 0 Å². The van der Waals surface area contributed by atoms with Crippen molar-refractivity contribution in [1.29, 1.82) is 0 Å². The molecular formula is C17H27N3O. The molecule has 1 aliphatic carbocycles. The van der Waals surface area contributed by atoms with E-state index in [-0.39, 0.29) is 12.1 Å². The minimum atomic E-state index is -0.109. The van der Waals surface area contributed by atoms with Gasteiger partial charge in [0.05, 0.1) is 0 Å². The van der Waals surface area contributed by atoms with Crippen LogP contribution in [-0.4, -0.2) is 19.6 Å². The van der Waals surface area contributed by atoms with Crippen LogP contribution in [0, 0.1) is 5.92 Å². The molecule has 1 atom stereocenters. The van der Waals surface area contributed by atoms with Crippen molar-refractivity contribution in [2.75, 3.05) is 18.9 Å². The van der Waals surface area contributed by atoms with Crippen LogP contribution in [-0.2, 0) is 0 Å². The third kappa shape index (κ3) is 5.05. The largest absolute Gasteiger partial charge is 0.338 e. The summed E-state index contributed by atoms with van der Waals surface area (Å²) in [4.78, 5) is 11.9. The molecule has 0 aliphatic heterocycles. The summed E-state index contributed by atoms with van der Waals surface area (Å²) in [6.07, 6.45) is 6.46. The Kier molecular flexibility index (Phi) is 6.05. The van der Waals surface area contributed by atoms with Crippen molar-refractivity contribution in [2.45, 2.75) is 45.1 Å². The zero-order valence-electron chi connectivity index (χ0n) is 13.1. The van der Waals surface area contributed by atoms with E-state index < -0.39 is 0 Å². The number of amides is 2. The molecular weight excluding hydrogens is 262 g/mol. The second-order valence-corrected chi connectivity index (χ2v) is 5.96. The van der Waals surface area contributed by atoms with Crippen LogP contribution in [0.25, 0.3) is 0 Å². The molecule has 0 aromatic heterocycles. The molecule has 1 unspecified atom stereocenters. The maximum absolute atomic E-state index is 11.9. The van der Waals surface area contributed by atoms with Gasteiger partial charge in [-0.3, -0.25) is 0 Å². The predicted octanol–water partition coefficient (Wildman–Crippen LogP) is 3.67. The maximum atomic E-state index is 11.9. The first kappa shape index (κ1) is 15.8. The molecule has 1 saturated carbocycles. The lowest BCUT2D eigenvalue weighted by atomic mass is 10.0. The van der Waals surface area contributed by atoms with Crippen molar-refractivity contribution >= 4 is 11.7 Å². The fraction of sp³-hybridized carbons (Fsp3) is 0.588. The van der Waals surface area contributed by atoms with Gasteiger partial charge in [-0.25, -0.2) is 4.79 Å². The van der Waals surface area contributed by atoms with Gasteiger partial charge in [0.1, 0.15) is 0 Å². The Morgan fingerprint density at radius 2 is 2.10 bits per heavy atom. The maximum Gasteiger partial charge on any atom is 0.319 e. The Morgan fingerprint density at radius 1 is 1.33 bits per heavy atom. The van der Waals surface area contributed by atoms with Crippen LogP contribution in [0.5, 0.6) is 0 Å². The summed E-state index contributed by atoms with van der Waals surface area (Å²) >= 11 is 0. The third-order valence-corrected chi connectivity index (χ3v) is 4.39. The standard InChI is InChI=1S/C17H27N3O/c1-13(18-2)15-8-5-9-16(12-15)20-17(21)19-11-10-14-6-3-4-7-14/h5,8-9,12-14,18H,3-4,6-7,10-11H2,1-2H3,(H2,19,20,21). The van der Waals surface area contributed by atoms with E-state index in [1.807, 2.05) is 25.2 Å². The third-order valence-electron chi connectivity index (χ3n) is 4.39. The van der Waals surface area contributed by atoms with Crippen molar-refractivity contribution in [1.82, 2.24) is 10.6 Å². The monoisotopic (exact) mass is 289 g/mol. The number of anilines is 1. The molecule has 1 aromatic carbocycles. The number of benzene rings is 1. The molecule has 4 heteroatoms. The smallest absolute Gasteiger partial charge is 0.319 e. The highest BCUT2D eigenvalue weighted by Gasteiger charge is 2.14.